The number of hydrogen-bond donors (Lipinski definition) is 1. The van der Waals surface area contributed by atoms with Crippen molar-refractivity contribution in [2.75, 3.05) is 13.7 Å². The topological polar surface area (TPSA) is 55.8 Å². The second kappa shape index (κ2) is 7.24. The van der Waals surface area contributed by atoms with Gasteiger partial charge in [0, 0.05) is 11.6 Å². The van der Waals surface area contributed by atoms with Crippen molar-refractivity contribution in [3.8, 4) is 11.5 Å². The van der Waals surface area contributed by atoms with Crippen LogP contribution in [0.1, 0.15) is 15.9 Å². The number of methoxy groups -OCH3 is 1. The van der Waals surface area contributed by atoms with Crippen molar-refractivity contribution in [3.05, 3.63) is 58.1 Å². The van der Waals surface area contributed by atoms with Crippen molar-refractivity contribution in [2.45, 2.75) is 6.42 Å². The van der Waals surface area contributed by atoms with E-state index >= 15 is 0 Å². The number of ether oxygens (including phenoxy) is 2. The maximum Gasteiger partial charge on any atom is 0.339 e. The minimum atomic E-state index is -1.02. The van der Waals surface area contributed by atoms with Gasteiger partial charge in [0.15, 0.2) is 0 Å². The lowest BCUT2D eigenvalue weighted by Crippen LogP contribution is -2.00. The molecule has 2 aromatic carbocycles. The lowest BCUT2D eigenvalue weighted by molar-refractivity contribution is 0.0694. The molecule has 0 saturated heterocycles. The van der Waals surface area contributed by atoms with Crippen LogP contribution in [0.2, 0.25) is 0 Å². The summed E-state index contributed by atoms with van der Waals surface area (Å²) in [4.78, 5) is 11.2. The SMILES string of the molecule is COCCc1ccc(Oc2cc(Br)ccc2C(=O)O)cc1. The molecule has 0 radical (unpaired) electrons. The molecular formula is C16H15BrO4. The van der Waals surface area contributed by atoms with Gasteiger partial charge in [-0.1, -0.05) is 28.1 Å². The number of carboxylic acids is 1. The van der Waals surface area contributed by atoms with Crippen molar-refractivity contribution in [1.82, 2.24) is 0 Å². The second-order valence-corrected chi connectivity index (χ2v) is 5.35. The van der Waals surface area contributed by atoms with E-state index in [1.54, 1.807) is 19.2 Å². The first kappa shape index (κ1) is 15.5. The monoisotopic (exact) mass is 350 g/mol. The van der Waals surface area contributed by atoms with Crippen LogP contribution in [0.3, 0.4) is 0 Å². The second-order valence-electron chi connectivity index (χ2n) is 4.43. The molecule has 0 saturated carbocycles. The smallest absolute Gasteiger partial charge is 0.339 e. The Morgan fingerprint density at radius 3 is 2.52 bits per heavy atom. The fourth-order valence-corrected chi connectivity index (χ4v) is 2.17. The average molecular weight is 351 g/mol. The van der Waals surface area contributed by atoms with Gasteiger partial charge in [-0.25, -0.2) is 4.79 Å². The van der Waals surface area contributed by atoms with E-state index in [-0.39, 0.29) is 5.56 Å². The zero-order chi connectivity index (χ0) is 15.2. The highest BCUT2D eigenvalue weighted by molar-refractivity contribution is 9.10. The molecule has 0 atom stereocenters. The highest BCUT2D eigenvalue weighted by Gasteiger charge is 2.12. The van der Waals surface area contributed by atoms with Crippen LogP contribution in [0, 0.1) is 0 Å². The number of carbonyl (C=O) groups is 1. The zero-order valence-corrected chi connectivity index (χ0v) is 13.1. The predicted octanol–water partition coefficient (Wildman–Crippen LogP) is 4.13. The summed E-state index contributed by atoms with van der Waals surface area (Å²) in [5, 5.41) is 9.17. The molecule has 2 aromatic rings. The normalized spacial score (nSPS) is 10.4. The molecule has 0 bridgehead atoms. The molecule has 0 unspecified atom stereocenters. The zero-order valence-electron chi connectivity index (χ0n) is 11.5. The summed E-state index contributed by atoms with van der Waals surface area (Å²) in [5.41, 5.74) is 1.26. The molecule has 0 aromatic heterocycles. The van der Waals surface area contributed by atoms with Crippen LogP contribution in [-0.4, -0.2) is 24.8 Å². The molecule has 0 aliphatic heterocycles. The minimum Gasteiger partial charge on any atom is -0.478 e. The van der Waals surface area contributed by atoms with Crippen LogP contribution in [0.15, 0.2) is 46.9 Å². The van der Waals surface area contributed by atoms with Crippen molar-refractivity contribution in [1.29, 1.82) is 0 Å². The van der Waals surface area contributed by atoms with E-state index in [1.807, 2.05) is 24.3 Å². The minimum absolute atomic E-state index is 0.127. The fourth-order valence-electron chi connectivity index (χ4n) is 1.83. The van der Waals surface area contributed by atoms with E-state index in [9.17, 15) is 4.79 Å². The summed E-state index contributed by atoms with van der Waals surface area (Å²) >= 11 is 3.31. The van der Waals surface area contributed by atoms with E-state index < -0.39 is 5.97 Å². The number of aromatic carboxylic acids is 1. The van der Waals surface area contributed by atoms with Crippen molar-refractivity contribution in [3.63, 3.8) is 0 Å². The predicted molar refractivity (Wildman–Crippen MR) is 83.2 cm³/mol. The molecule has 0 amide bonds. The van der Waals surface area contributed by atoms with Gasteiger partial charge in [-0.05, 0) is 42.3 Å². The molecule has 21 heavy (non-hydrogen) atoms. The van der Waals surface area contributed by atoms with Gasteiger partial charge in [-0.2, -0.15) is 0 Å². The van der Waals surface area contributed by atoms with Gasteiger partial charge < -0.3 is 14.6 Å². The summed E-state index contributed by atoms with van der Waals surface area (Å²) < 4.78 is 11.5. The van der Waals surface area contributed by atoms with E-state index in [1.165, 1.54) is 6.07 Å². The van der Waals surface area contributed by atoms with Gasteiger partial charge in [0.05, 0.1) is 6.61 Å². The number of halogens is 1. The van der Waals surface area contributed by atoms with Crippen molar-refractivity contribution in [2.24, 2.45) is 0 Å². The van der Waals surface area contributed by atoms with Gasteiger partial charge in [0.25, 0.3) is 0 Å². The summed E-state index contributed by atoms with van der Waals surface area (Å²) in [7, 11) is 1.66. The molecule has 1 N–H and O–H groups in total. The Kier molecular flexibility index (Phi) is 5.36. The molecule has 0 aliphatic rings. The maximum atomic E-state index is 11.2. The third-order valence-corrected chi connectivity index (χ3v) is 3.41. The number of rotatable bonds is 6. The van der Waals surface area contributed by atoms with Gasteiger partial charge in [0.1, 0.15) is 17.1 Å². The molecule has 0 heterocycles. The molecule has 5 heteroatoms. The van der Waals surface area contributed by atoms with E-state index in [0.717, 1.165) is 16.5 Å². The highest BCUT2D eigenvalue weighted by Crippen LogP contribution is 2.29. The molecular weight excluding hydrogens is 336 g/mol. The lowest BCUT2D eigenvalue weighted by Gasteiger charge is -2.10. The summed E-state index contributed by atoms with van der Waals surface area (Å²) in [6.07, 6.45) is 0.827. The Morgan fingerprint density at radius 1 is 1.19 bits per heavy atom. The summed E-state index contributed by atoms with van der Waals surface area (Å²) in [5.74, 6) is -0.118. The Labute approximate surface area is 131 Å². The average Bonchev–Trinajstić information content (AvgIpc) is 2.46. The third kappa shape index (κ3) is 4.31. The van der Waals surface area contributed by atoms with Crippen LogP contribution < -0.4 is 4.74 Å². The van der Waals surface area contributed by atoms with Crippen LogP contribution in [0.25, 0.3) is 0 Å². The van der Waals surface area contributed by atoms with Crippen LogP contribution in [0.4, 0.5) is 0 Å². The Hall–Kier alpha value is -1.85. The van der Waals surface area contributed by atoms with Gasteiger partial charge >= 0.3 is 5.97 Å². The lowest BCUT2D eigenvalue weighted by atomic mass is 10.1. The van der Waals surface area contributed by atoms with Gasteiger partial charge in [-0.3, -0.25) is 0 Å². The van der Waals surface area contributed by atoms with Crippen molar-refractivity contribution < 1.29 is 19.4 Å². The van der Waals surface area contributed by atoms with Gasteiger partial charge in [0.2, 0.25) is 0 Å². The first-order chi connectivity index (χ1) is 10.1. The van der Waals surface area contributed by atoms with Gasteiger partial charge in [-0.15, -0.1) is 0 Å². The molecule has 0 aliphatic carbocycles. The van der Waals surface area contributed by atoms with E-state index in [4.69, 9.17) is 14.6 Å². The van der Waals surface area contributed by atoms with Crippen LogP contribution >= 0.6 is 15.9 Å². The van der Waals surface area contributed by atoms with Crippen molar-refractivity contribution >= 4 is 21.9 Å². The largest absolute Gasteiger partial charge is 0.478 e. The highest BCUT2D eigenvalue weighted by atomic mass is 79.9. The number of carboxylic acid groups (broad SMARTS) is 1. The molecule has 2 rings (SSSR count). The summed E-state index contributed by atoms with van der Waals surface area (Å²) in [6, 6.07) is 12.3. The molecule has 4 nitrogen and oxygen atoms in total. The Bertz CT molecular complexity index is 623. The first-order valence-electron chi connectivity index (χ1n) is 6.38. The quantitative estimate of drug-likeness (QED) is 0.850. The van der Waals surface area contributed by atoms with E-state index in [0.29, 0.717) is 18.1 Å². The Balaban J connectivity index is 2.18. The first-order valence-corrected chi connectivity index (χ1v) is 7.18. The number of benzene rings is 2. The maximum absolute atomic E-state index is 11.2. The molecule has 0 spiro atoms. The van der Waals surface area contributed by atoms with E-state index in [2.05, 4.69) is 15.9 Å². The number of hydrogen-bond acceptors (Lipinski definition) is 3. The summed E-state index contributed by atoms with van der Waals surface area (Å²) in [6.45, 7) is 0.662. The standard InChI is InChI=1S/C16H15BrO4/c1-20-9-8-11-2-5-13(6-3-11)21-15-10-12(17)4-7-14(15)16(18)19/h2-7,10H,8-9H2,1H3,(H,18,19). The molecule has 0 fully saturated rings. The third-order valence-electron chi connectivity index (χ3n) is 2.92. The fraction of sp³-hybridized carbons (Fsp3) is 0.188. The molecule has 110 valence electrons. The van der Waals surface area contributed by atoms with Crippen LogP contribution in [-0.2, 0) is 11.2 Å². The Morgan fingerprint density at radius 2 is 1.90 bits per heavy atom. The van der Waals surface area contributed by atoms with Crippen LogP contribution in [0.5, 0.6) is 11.5 Å².